The van der Waals surface area contributed by atoms with E-state index >= 15 is 0 Å². The van der Waals surface area contributed by atoms with Gasteiger partial charge >= 0.3 is 5.97 Å². The van der Waals surface area contributed by atoms with E-state index in [0.29, 0.717) is 12.8 Å². The minimum atomic E-state index is -0.971. The topological polar surface area (TPSA) is 122 Å². The quantitative estimate of drug-likeness (QED) is 0.479. The number of hydrogen-bond donors (Lipinski definition) is 2. The molecule has 8 nitrogen and oxygen atoms in total. The van der Waals surface area contributed by atoms with Gasteiger partial charge in [-0.15, -0.1) is 0 Å². The van der Waals surface area contributed by atoms with Crippen LogP contribution >= 0.6 is 11.6 Å². The van der Waals surface area contributed by atoms with Gasteiger partial charge in [0.2, 0.25) is 0 Å². The standard InChI is InChI=1S/C11H10ClN3O5/c12-8-7(3-6(4-13-8)15(19)20)9(16)14-5-11(1-2-11)10(17)18/h3-4H,1-2,5H2,(H,14,16)(H,17,18). The summed E-state index contributed by atoms with van der Waals surface area (Å²) in [4.78, 5) is 36.3. The molecule has 0 radical (unpaired) electrons. The van der Waals surface area contributed by atoms with Gasteiger partial charge in [-0.3, -0.25) is 19.7 Å². The number of carbonyl (C=O) groups excluding carboxylic acids is 1. The lowest BCUT2D eigenvalue weighted by Crippen LogP contribution is -2.34. The second kappa shape index (κ2) is 5.04. The van der Waals surface area contributed by atoms with E-state index in [1.807, 2.05) is 0 Å². The summed E-state index contributed by atoms with van der Waals surface area (Å²) in [5.41, 5.74) is -1.43. The molecular weight excluding hydrogens is 290 g/mol. The molecule has 1 aromatic heterocycles. The van der Waals surface area contributed by atoms with E-state index in [2.05, 4.69) is 10.3 Å². The van der Waals surface area contributed by atoms with Crippen LogP contribution in [0.25, 0.3) is 0 Å². The molecule has 0 unspecified atom stereocenters. The van der Waals surface area contributed by atoms with E-state index in [1.165, 1.54) is 0 Å². The number of aromatic nitrogens is 1. The van der Waals surface area contributed by atoms with Crippen molar-refractivity contribution in [1.82, 2.24) is 10.3 Å². The first-order valence-corrected chi connectivity index (χ1v) is 6.05. The fourth-order valence-electron chi connectivity index (χ4n) is 1.66. The minimum Gasteiger partial charge on any atom is -0.481 e. The maximum absolute atomic E-state index is 11.9. The first-order valence-electron chi connectivity index (χ1n) is 5.67. The van der Waals surface area contributed by atoms with Crippen LogP contribution in [0, 0.1) is 15.5 Å². The van der Waals surface area contributed by atoms with Crippen LogP contribution in [-0.2, 0) is 4.79 Å². The second-order valence-corrected chi connectivity index (χ2v) is 4.92. The van der Waals surface area contributed by atoms with E-state index in [0.717, 1.165) is 12.3 Å². The zero-order valence-corrected chi connectivity index (χ0v) is 10.9. The fraction of sp³-hybridized carbons (Fsp3) is 0.364. The Kier molecular flexibility index (Phi) is 3.58. The summed E-state index contributed by atoms with van der Waals surface area (Å²) >= 11 is 5.71. The first kappa shape index (κ1) is 14.2. The molecule has 1 heterocycles. The van der Waals surface area contributed by atoms with Gasteiger partial charge in [0, 0.05) is 12.6 Å². The number of nitrogens with zero attached hydrogens (tertiary/aromatic N) is 2. The lowest BCUT2D eigenvalue weighted by atomic mass is 10.1. The zero-order valence-electron chi connectivity index (χ0n) is 10.1. The van der Waals surface area contributed by atoms with Crippen LogP contribution in [0.4, 0.5) is 5.69 Å². The Morgan fingerprint density at radius 3 is 2.70 bits per heavy atom. The monoisotopic (exact) mass is 299 g/mol. The number of hydrogen-bond acceptors (Lipinski definition) is 5. The van der Waals surface area contributed by atoms with Gasteiger partial charge in [-0.1, -0.05) is 11.6 Å². The van der Waals surface area contributed by atoms with Crippen LogP contribution < -0.4 is 5.32 Å². The number of carboxylic acids is 1. The number of pyridine rings is 1. The number of nitrogens with one attached hydrogen (secondary N) is 1. The summed E-state index contributed by atoms with van der Waals surface area (Å²) in [5.74, 6) is -1.65. The molecule has 1 saturated carbocycles. The number of carboxylic acid groups (broad SMARTS) is 1. The average Bonchev–Trinajstić information content (AvgIpc) is 3.17. The summed E-state index contributed by atoms with van der Waals surface area (Å²) in [7, 11) is 0. The number of rotatable bonds is 5. The molecule has 0 bridgehead atoms. The molecule has 1 fully saturated rings. The van der Waals surface area contributed by atoms with Crippen molar-refractivity contribution in [1.29, 1.82) is 0 Å². The van der Waals surface area contributed by atoms with Crippen LogP contribution in [0.3, 0.4) is 0 Å². The van der Waals surface area contributed by atoms with Crippen molar-refractivity contribution in [3.05, 3.63) is 33.1 Å². The zero-order chi connectivity index (χ0) is 14.9. The first-order chi connectivity index (χ1) is 9.35. The Bertz CT molecular complexity index is 600. The van der Waals surface area contributed by atoms with Crippen LogP contribution in [0.15, 0.2) is 12.3 Å². The Labute approximate surface area is 117 Å². The summed E-state index contributed by atoms with van der Waals surface area (Å²) < 4.78 is 0. The summed E-state index contributed by atoms with van der Waals surface area (Å²) in [6.07, 6.45) is 1.92. The fourth-order valence-corrected chi connectivity index (χ4v) is 1.85. The van der Waals surface area contributed by atoms with Crippen LogP contribution in [0.1, 0.15) is 23.2 Å². The lowest BCUT2D eigenvalue weighted by Gasteiger charge is -2.11. The molecule has 0 aromatic carbocycles. The van der Waals surface area contributed by atoms with Crippen molar-refractivity contribution in [3.8, 4) is 0 Å². The number of carbonyl (C=O) groups is 2. The Morgan fingerprint density at radius 1 is 1.55 bits per heavy atom. The average molecular weight is 300 g/mol. The molecule has 9 heteroatoms. The molecule has 2 N–H and O–H groups in total. The number of amides is 1. The third kappa shape index (κ3) is 2.69. The predicted molar refractivity (Wildman–Crippen MR) is 67.5 cm³/mol. The maximum atomic E-state index is 11.9. The normalized spacial score (nSPS) is 15.4. The van der Waals surface area contributed by atoms with Crippen molar-refractivity contribution in [2.45, 2.75) is 12.8 Å². The van der Waals surface area contributed by atoms with Gasteiger partial charge < -0.3 is 10.4 Å². The van der Waals surface area contributed by atoms with Crippen molar-refractivity contribution in [2.75, 3.05) is 6.54 Å². The van der Waals surface area contributed by atoms with Gasteiger partial charge in [0.1, 0.15) is 11.3 Å². The van der Waals surface area contributed by atoms with Gasteiger partial charge in [0.05, 0.1) is 15.9 Å². The van der Waals surface area contributed by atoms with Crippen molar-refractivity contribution in [2.24, 2.45) is 5.41 Å². The SMILES string of the molecule is O=C(NCC1(C(=O)O)CC1)c1cc([N+](=O)[O-])cnc1Cl. The van der Waals surface area contributed by atoms with Crippen LogP contribution in [0.5, 0.6) is 0 Å². The molecule has 0 saturated heterocycles. The van der Waals surface area contributed by atoms with Crippen LogP contribution in [-0.4, -0.2) is 33.4 Å². The molecule has 0 atom stereocenters. The third-order valence-electron chi connectivity index (χ3n) is 3.17. The minimum absolute atomic E-state index is 0.0415. The second-order valence-electron chi connectivity index (χ2n) is 4.56. The van der Waals surface area contributed by atoms with E-state index in [9.17, 15) is 19.7 Å². The molecule has 0 spiro atoms. The van der Waals surface area contributed by atoms with Crippen molar-refractivity contribution in [3.63, 3.8) is 0 Å². The van der Waals surface area contributed by atoms with Gasteiger partial charge in [-0.25, -0.2) is 4.98 Å². The van der Waals surface area contributed by atoms with E-state index in [-0.39, 0.29) is 22.9 Å². The largest absolute Gasteiger partial charge is 0.481 e. The highest BCUT2D eigenvalue weighted by Crippen LogP contribution is 2.45. The Morgan fingerprint density at radius 2 is 2.20 bits per heavy atom. The molecule has 0 aliphatic heterocycles. The highest BCUT2D eigenvalue weighted by Gasteiger charge is 2.50. The molecule has 1 aliphatic rings. The molecule has 1 amide bonds. The highest BCUT2D eigenvalue weighted by molar-refractivity contribution is 6.32. The molecule has 1 aromatic rings. The van der Waals surface area contributed by atoms with Crippen LogP contribution in [0.2, 0.25) is 5.15 Å². The van der Waals surface area contributed by atoms with E-state index < -0.39 is 22.2 Å². The Hall–Kier alpha value is -2.22. The number of halogens is 1. The van der Waals surface area contributed by atoms with Gasteiger partial charge in [0.25, 0.3) is 11.6 Å². The molecule has 1 aliphatic carbocycles. The highest BCUT2D eigenvalue weighted by atomic mass is 35.5. The number of nitro groups is 1. The van der Waals surface area contributed by atoms with E-state index in [4.69, 9.17) is 16.7 Å². The van der Waals surface area contributed by atoms with Gasteiger partial charge in [0.15, 0.2) is 0 Å². The van der Waals surface area contributed by atoms with E-state index in [1.54, 1.807) is 0 Å². The van der Waals surface area contributed by atoms with Gasteiger partial charge in [-0.05, 0) is 12.8 Å². The number of aliphatic carboxylic acids is 1. The third-order valence-corrected chi connectivity index (χ3v) is 3.48. The Balaban J connectivity index is 2.11. The summed E-state index contributed by atoms with van der Waals surface area (Å²) in [5, 5.41) is 21.8. The molecule has 106 valence electrons. The smallest absolute Gasteiger partial charge is 0.311 e. The van der Waals surface area contributed by atoms with Gasteiger partial charge in [-0.2, -0.15) is 0 Å². The summed E-state index contributed by atoms with van der Waals surface area (Å²) in [6, 6.07) is 1.00. The molecule has 2 rings (SSSR count). The lowest BCUT2D eigenvalue weighted by molar-refractivity contribution is -0.385. The van der Waals surface area contributed by atoms with Crippen molar-refractivity contribution < 1.29 is 19.6 Å². The summed E-state index contributed by atoms with van der Waals surface area (Å²) in [6.45, 7) is -0.0415. The van der Waals surface area contributed by atoms with Crippen molar-refractivity contribution >= 4 is 29.2 Å². The molecular formula is C11H10ClN3O5. The maximum Gasteiger partial charge on any atom is 0.311 e. The molecule has 20 heavy (non-hydrogen) atoms. The predicted octanol–water partition coefficient (Wildman–Crippen LogP) is 1.24.